The number of benzene rings is 2. The van der Waals surface area contributed by atoms with E-state index in [9.17, 15) is 9.59 Å². The van der Waals surface area contributed by atoms with Crippen molar-refractivity contribution >= 4 is 23.5 Å². The second-order valence-corrected chi connectivity index (χ2v) is 6.50. The summed E-state index contributed by atoms with van der Waals surface area (Å²) in [7, 11) is 1.33. The molecular formula is C20H20ClNO4. The Kier molecular flexibility index (Phi) is 5.47. The first-order valence-electron chi connectivity index (χ1n) is 8.40. The molecule has 0 bridgehead atoms. The van der Waals surface area contributed by atoms with Crippen LogP contribution in [-0.4, -0.2) is 36.5 Å². The summed E-state index contributed by atoms with van der Waals surface area (Å²) in [4.78, 5) is 26.9. The van der Waals surface area contributed by atoms with E-state index in [4.69, 9.17) is 21.1 Å². The number of para-hydroxylation sites is 1. The molecule has 1 heterocycles. The predicted octanol–water partition coefficient (Wildman–Crippen LogP) is 3.41. The van der Waals surface area contributed by atoms with Crippen LogP contribution in [0.15, 0.2) is 48.5 Å². The van der Waals surface area contributed by atoms with Crippen molar-refractivity contribution in [1.82, 2.24) is 4.90 Å². The molecule has 2 aromatic carbocycles. The lowest BCUT2D eigenvalue weighted by Gasteiger charge is -2.36. The van der Waals surface area contributed by atoms with Gasteiger partial charge < -0.3 is 14.4 Å². The van der Waals surface area contributed by atoms with Gasteiger partial charge in [0.25, 0.3) is 5.91 Å². The number of fused-ring (bicyclic) bond motifs is 1. The van der Waals surface area contributed by atoms with Crippen molar-refractivity contribution in [3.05, 3.63) is 64.7 Å². The zero-order chi connectivity index (χ0) is 18.7. The van der Waals surface area contributed by atoms with E-state index < -0.39 is 18.1 Å². The third-order valence-electron chi connectivity index (χ3n) is 4.48. The van der Waals surface area contributed by atoms with E-state index in [-0.39, 0.29) is 5.91 Å². The summed E-state index contributed by atoms with van der Waals surface area (Å²) in [6.07, 6.45) is -0.110. The van der Waals surface area contributed by atoms with Crippen molar-refractivity contribution < 1.29 is 19.1 Å². The van der Waals surface area contributed by atoms with Gasteiger partial charge in [-0.25, -0.2) is 4.79 Å². The lowest BCUT2D eigenvalue weighted by atomic mass is 9.92. The van der Waals surface area contributed by atoms with Gasteiger partial charge in [-0.1, -0.05) is 48.0 Å². The van der Waals surface area contributed by atoms with Gasteiger partial charge in [-0.3, -0.25) is 4.79 Å². The van der Waals surface area contributed by atoms with Crippen molar-refractivity contribution in [2.45, 2.75) is 25.5 Å². The molecule has 0 unspecified atom stereocenters. The van der Waals surface area contributed by atoms with Gasteiger partial charge in [0.05, 0.1) is 12.1 Å². The first-order chi connectivity index (χ1) is 12.5. The fourth-order valence-corrected chi connectivity index (χ4v) is 3.36. The summed E-state index contributed by atoms with van der Waals surface area (Å²) in [5.41, 5.74) is 1.84. The summed E-state index contributed by atoms with van der Waals surface area (Å²) in [6.45, 7) is 2.08. The van der Waals surface area contributed by atoms with E-state index in [1.165, 1.54) is 12.0 Å². The molecule has 26 heavy (non-hydrogen) atoms. The van der Waals surface area contributed by atoms with Crippen LogP contribution in [-0.2, 0) is 20.7 Å². The van der Waals surface area contributed by atoms with E-state index >= 15 is 0 Å². The van der Waals surface area contributed by atoms with Crippen LogP contribution in [0.3, 0.4) is 0 Å². The summed E-state index contributed by atoms with van der Waals surface area (Å²) < 4.78 is 10.7. The fraction of sp³-hybridized carbons (Fsp3) is 0.300. The Morgan fingerprint density at radius 1 is 1.15 bits per heavy atom. The third kappa shape index (κ3) is 3.53. The van der Waals surface area contributed by atoms with Crippen LogP contribution in [0.2, 0.25) is 5.02 Å². The Morgan fingerprint density at radius 2 is 1.85 bits per heavy atom. The van der Waals surface area contributed by atoms with Gasteiger partial charge in [-0.2, -0.15) is 0 Å². The molecule has 1 amide bonds. The molecule has 0 saturated carbocycles. The van der Waals surface area contributed by atoms with Crippen LogP contribution >= 0.6 is 11.6 Å². The number of halogens is 1. The maximum absolute atomic E-state index is 13.0. The van der Waals surface area contributed by atoms with Crippen LogP contribution < -0.4 is 4.74 Å². The number of amides is 1. The average molecular weight is 374 g/mol. The number of hydrogen-bond acceptors (Lipinski definition) is 4. The molecule has 2 aromatic rings. The number of nitrogens with zero attached hydrogens (tertiary/aromatic N) is 1. The van der Waals surface area contributed by atoms with E-state index in [0.717, 1.165) is 11.1 Å². The van der Waals surface area contributed by atoms with Gasteiger partial charge in [0.2, 0.25) is 0 Å². The molecule has 0 saturated heterocycles. The number of ether oxygens (including phenoxy) is 2. The van der Waals surface area contributed by atoms with E-state index in [2.05, 4.69) is 0 Å². The van der Waals surface area contributed by atoms with Gasteiger partial charge >= 0.3 is 5.97 Å². The van der Waals surface area contributed by atoms with Crippen LogP contribution in [0.1, 0.15) is 24.1 Å². The zero-order valence-electron chi connectivity index (χ0n) is 14.6. The van der Waals surface area contributed by atoms with Crippen LogP contribution in [0.5, 0.6) is 5.75 Å². The molecule has 5 nitrogen and oxygen atoms in total. The summed E-state index contributed by atoms with van der Waals surface area (Å²) in [5, 5.41) is 0.431. The monoisotopic (exact) mass is 373 g/mol. The maximum atomic E-state index is 13.0. The lowest BCUT2D eigenvalue weighted by molar-refractivity contribution is -0.156. The molecule has 0 aliphatic carbocycles. The Bertz CT molecular complexity index is 823. The van der Waals surface area contributed by atoms with Gasteiger partial charge in [0.1, 0.15) is 5.75 Å². The lowest BCUT2D eigenvalue weighted by Crippen LogP contribution is -2.48. The van der Waals surface area contributed by atoms with Crippen LogP contribution in [0.4, 0.5) is 0 Å². The third-order valence-corrected chi connectivity index (χ3v) is 4.79. The number of hydrogen-bond donors (Lipinski definition) is 0. The normalized spacial score (nSPS) is 17.2. The molecule has 136 valence electrons. The highest BCUT2D eigenvalue weighted by Crippen LogP contribution is 2.32. The van der Waals surface area contributed by atoms with E-state index in [1.54, 1.807) is 31.2 Å². The highest BCUT2D eigenvalue weighted by molar-refractivity contribution is 6.32. The number of esters is 1. The molecule has 1 aliphatic rings. The van der Waals surface area contributed by atoms with Gasteiger partial charge in [-0.15, -0.1) is 0 Å². The highest BCUT2D eigenvalue weighted by atomic mass is 35.5. The number of carbonyl (C=O) groups is 2. The maximum Gasteiger partial charge on any atom is 0.333 e. The topological polar surface area (TPSA) is 55.8 Å². The molecule has 2 atom stereocenters. The molecule has 3 rings (SSSR count). The number of methoxy groups -OCH3 is 1. The summed E-state index contributed by atoms with van der Waals surface area (Å²) >= 11 is 6.10. The second kappa shape index (κ2) is 7.79. The first kappa shape index (κ1) is 18.3. The molecule has 0 spiro atoms. The summed E-state index contributed by atoms with van der Waals surface area (Å²) in [5.74, 6) is -0.313. The molecule has 1 aliphatic heterocycles. The molecular weight excluding hydrogens is 354 g/mol. The molecule has 0 N–H and O–H groups in total. The van der Waals surface area contributed by atoms with Crippen molar-refractivity contribution in [2.75, 3.05) is 13.7 Å². The van der Waals surface area contributed by atoms with Crippen molar-refractivity contribution in [1.29, 1.82) is 0 Å². The molecule has 0 radical (unpaired) electrons. The Labute approximate surface area is 157 Å². The Balaban J connectivity index is 1.85. The minimum Gasteiger partial charge on any atom is -0.479 e. The first-order valence-corrected chi connectivity index (χ1v) is 8.78. The van der Waals surface area contributed by atoms with Crippen molar-refractivity contribution in [3.8, 4) is 5.75 Å². The standard InChI is InChI=1S/C20H20ClNO4/c1-13(26-17-10-6-5-9-16(17)21)19(23)22-12-11-14-7-3-4-8-15(14)18(22)20(24)25-2/h3-10,13,18H,11-12H2,1-2H3/t13-,18+/m0/s1. The van der Waals surface area contributed by atoms with E-state index in [0.29, 0.717) is 23.7 Å². The molecule has 0 fully saturated rings. The number of rotatable bonds is 4. The minimum atomic E-state index is -0.785. The smallest absolute Gasteiger partial charge is 0.333 e. The van der Waals surface area contributed by atoms with Gasteiger partial charge in [0, 0.05) is 6.54 Å². The quantitative estimate of drug-likeness (QED) is 0.771. The minimum absolute atomic E-state index is 0.283. The van der Waals surface area contributed by atoms with E-state index in [1.807, 2.05) is 24.3 Å². The highest BCUT2D eigenvalue weighted by Gasteiger charge is 2.38. The zero-order valence-corrected chi connectivity index (χ0v) is 15.4. The second-order valence-electron chi connectivity index (χ2n) is 6.10. The molecule has 6 heteroatoms. The van der Waals surface area contributed by atoms with Crippen molar-refractivity contribution in [3.63, 3.8) is 0 Å². The van der Waals surface area contributed by atoms with Crippen LogP contribution in [0, 0.1) is 0 Å². The molecule has 0 aromatic heterocycles. The van der Waals surface area contributed by atoms with Gasteiger partial charge in [0.15, 0.2) is 12.1 Å². The average Bonchev–Trinajstić information content (AvgIpc) is 2.67. The fourth-order valence-electron chi connectivity index (χ4n) is 3.18. The Morgan fingerprint density at radius 3 is 2.58 bits per heavy atom. The predicted molar refractivity (Wildman–Crippen MR) is 98.2 cm³/mol. The Hall–Kier alpha value is -2.53. The largest absolute Gasteiger partial charge is 0.479 e. The van der Waals surface area contributed by atoms with Crippen LogP contribution in [0.25, 0.3) is 0 Å². The SMILES string of the molecule is COC(=O)[C@H]1c2ccccc2CCN1C(=O)[C@H](C)Oc1ccccc1Cl. The number of carbonyl (C=O) groups excluding carboxylic acids is 2. The van der Waals surface area contributed by atoms with Crippen molar-refractivity contribution in [2.24, 2.45) is 0 Å². The summed E-state index contributed by atoms with van der Waals surface area (Å²) in [6, 6.07) is 13.8. The van der Waals surface area contributed by atoms with Gasteiger partial charge in [-0.05, 0) is 36.6 Å².